The normalized spacial score (nSPS) is 17.6. The molecule has 0 aliphatic carbocycles. The first-order valence-corrected chi connectivity index (χ1v) is 10.3. The van der Waals surface area contributed by atoms with Crippen molar-refractivity contribution >= 4 is 39.8 Å². The van der Waals surface area contributed by atoms with E-state index < -0.39 is 9.84 Å². The topological polar surface area (TPSA) is 73.8 Å². The summed E-state index contributed by atoms with van der Waals surface area (Å²) in [5, 5.41) is 6.43. The minimum absolute atomic E-state index is 0. The van der Waals surface area contributed by atoms with E-state index in [-0.39, 0.29) is 29.7 Å². The fraction of sp³-hybridized carbons (Fsp3) is 0.933. The molecular formula is C15H33IN4O2S. The standard InChI is InChI=1S/C15H32N4O2S.HI/c1-14-6-11-19(12-7-14)10-4-8-17-15(16-2)18-9-5-13-22(3,20)21;/h14H,4-13H2,1-3H3,(H2,16,17,18);1H. The van der Waals surface area contributed by atoms with Crippen molar-refractivity contribution in [2.45, 2.75) is 32.6 Å². The van der Waals surface area contributed by atoms with Crippen LogP contribution >= 0.6 is 24.0 Å². The van der Waals surface area contributed by atoms with E-state index in [4.69, 9.17) is 0 Å². The van der Waals surface area contributed by atoms with E-state index >= 15 is 0 Å². The average molecular weight is 460 g/mol. The number of guanidine groups is 1. The Labute approximate surface area is 158 Å². The largest absolute Gasteiger partial charge is 0.356 e. The minimum Gasteiger partial charge on any atom is -0.356 e. The van der Waals surface area contributed by atoms with Crippen LogP contribution in [0.25, 0.3) is 0 Å². The van der Waals surface area contributed by atoms with Gasteiger partial charge in [-0.2, -0.15) is 0 Å². The third kappa shape index (κ3) is 12.0. The van der Waals surface area contributed by atoms with Crippen LogP contribution < -0.4 is 10.6 Å². The Morgan fingerprint density at radius 3 is 2.26 bits per heavy atom. The highest BCUT2D eigenvalue weighted by Gasteiger charge is 2.14. The predicted octanol–water partition coefficient (Wildman–Crippen LogP) is 1.33. The summed E-state index contributed by atoms with van der Waals surface area (Å²) in [7, 11) is -1.14. The molecule has 1 aliphatic rings. The van der Waals surface area contributed by atoms with Crippen LogP contribution in [0, 0.1) is 5.92 Å². The van der Waals surface area contributed by atoms with Gasteiger partial charge in [0.2, 0.25) is 0 Å². The number of hydrogen-bond acceptors (Lipinski definition) is 4. The van der Waals surface area contributed by atoms with E-state index in [0.717, 1.165) is 31.4 Å². The van der Waals surface area contributed by atoms with Crippen LogP contribution in [0.4, 0.5) is 0 Å². The molecule has 138 valence electrons. The number of piperidine rings is 1. The van der Waals surface area contributed by atoms with Crippen molar-refractivity contribution in [1.29, 1.82) is 0 Å². The summed E-state index contributed by atoms with van der Waals surface area (Å²) in [5.41, 5.74) is 0. The number of aliphatic imine (C=N–C) groups is 1. The predicted molar refractivity (Wildman–Crippen MR) is 109 cm³/mol. The molecule has 8 heteroatoms. The molecule has 1 rings (SSSR count). The molecule has 0 spiro atoms. The number of nitrogens with zero attached hydrogens (tertiary/aromatic N) is 2. The number of halogens is 1. The highest BCUT2D eigenvalue weighted by Crippen LogP contribution is 2.15. The van der Waals surface area contributed by atoms with Crippen LogP contribution in [0.2, 0.25) is 0 Å². The van der Waals surface area contributed by atoms with Crippen LogP contribution in [-0.2, 0) is 9.84 Å². The first-order chi connectivity index (χ1) is 10.4. The maximum atomic E-state index is 11.0. The van der Waals surface area contributed by atoms with Gasteiger partial charge in [-0.1, -0.05) is 6.92 Å². The zero-order valence-corrected chi connectivity index (χ0v) is 17.8. The second kappa shape index (κ2) is 12.3. The van der Waals surface area contributed by atoms with Gasteiger partial charge in [0.15, 0.2) is 5.96 Å². The Kier molecular flexibility index (Phi) is 12.2. The highest BCUT2D eigenvalue weighted by atomic mass is 127. The molecule has 2 N–H and O–H groups in total. The molecule has 0 radical (unpaired) electrons. The quantitative estimate of drug-likeness (QED) is 0.248. The Morgan fingerprint density at radius 2 is 1.74 bits per heavy atom. The first kappa shape index (κ1) is 22.9. The third-order valence-corrected chi connectivity index (χ3v) is 5.06. The Bertz CT molecular complexity index is 435. The van der Waals surface area contributed by atoms with Crippen molar-refractivity contribution in [3.05, 3.63) is 0 Å². The van der Waals surface area contributed by atoms with Crippen LogP contribution in [0.1, 0.15) is 32.6 Å². The van der Waals surface area contributed by atoms with E-state index in [1.165, 1.54) is 32.2 Å². The van der Waals surface area contributed by atoms with E-state index in [0.29, 0.717) is 13.0 Å². The van der Waals surface area contributed by atoms with Crippen LogP contribution in [0.15, 0.2) is 4.99 Å². The van der Waals surface area contributed by atoms with Crippen molar-refractivity contribution in [2.24, 2.45) is 10.9 Å². The highest BCUT2D eigenvalue weighted by molar-refractivity contribution is 14.0. The van der Waals surface area contributed by atoms with Crippen LogP contribution in [0.5, 0.6) is 0 Å². The van der Waals surface area contributed by atoms with E-state index in [2.05, 4.69) is 27.4 Å². The van der Waals surface area contributed by atoms with Crippen molar-refractivity contribution in [1.82, 2.24) is 15.5 Å². The fourth-order valence-corrected chi connectivity index (χ4v) is 3.23. The Morgan fingerprint density at radius 1 is 1.17 bits per heavy atom. The van der Waals surface area contributed by atoms with Crippen molar-refractivity contribution in [2.75, 3.05) is 51.8 Å². The molecule has 0 unspecified atom stereocenters. The van der Waals surface area contributed by atoms with Crippen LogP contribution in [-0.4, -0.2) is 71.1 Å². The molecule has 6 nitrogen and oxygen atoms in total. The average Bonchev–Trinajstić information content (AvgIpc) is 2.46. The summed E-state index contributed by atoms with van der Waals surface area (Å²) in [6.07, 6.45) is 5.60. The van der Waals surface area contributed by atoms with Gasteiger partial charge in [0, 0.05) is 26.4 Å². The van der Waals surface area contributed by atoms with Crippen molar-refractivity contribution in [3.8, 4) is 0 Å². The lowest BCUT2D eigenvalue weighted by Crippen LogP contribution is -2.40. The molecule has 0 amide bonds. The summed E-state index contributed by atoms with van der Waals surface area (Å²) < 4.78 is 22.1. The number of rotatable bonds is 8. The van der Waals surface area contributed by atoms with Gasteiger partial charge >= 0.3 is 0 Å². The molecule has 1 heterocycles. The van der Waals surface area contributed by atoms with Gasteiger partial charge in [-0.25, -0.2) is 8.42 Å². The summed E-state index contributed by atoms with van der Waals surface area (Å²) >= 11 is 0. The second-order valence-electron chi connectivity index (χ2n) is 6.29. The maximum Gasteiger partial charge on any atom is 0.190 e. The summed E-state index contributed by atoms with van der Waals surface area (Å²) in [5.74, 6) is 1.84. The van der Waals surface area contributed by atoms with E-state index in [1.807, 2.05) is 0 Å². The number of hydrogen-bond donors (Lipinski definition) is 2. The zero-order chi connectivity index (χ0) is 16.4. The minimum atomic E-state index is -2.87. The van der Waals surface area contributed by atoms with Gasteiger partial charge in [-0.15, -0.1) is 24.0 Å². The molecule has 0 aromatic carbocycles. The summed E-state index contributed by atoms with van der Waals surface area (Å²) in [6, 6.07) is 0. The molecule has 1 saturated heterocycles. The smallest absolute Gasteiger partial charge is 0.190 e. The van der Waals surface area contributed by atoms with E-state index in [9.17, 15) is 8.42 Å². The van der Waals surface area contributed by atoms with Crippen LogP contribution in [0.3, 0.4) is 0 Å². The van der Waals surface area contributed by atoms with Gasteiger partial charge in [0.1, 0.15) is 9.84 Å². The Hall–Kier alpha value is -0.0900. The maximum absolute atomic E-state index is 11.0. The number of sulfone groups is 1. The lowest BCUT2D eigenvalue weighted by molar-refractivity contribution is 0.191. The summed E-state index contributed by atoms with van der Waals surface area (Å²) in [6.45, 7) is 7.41. The van der Waals surface area contributed by atoms with Gasteiger partial charge in [0.05, 0.1) is 5.75 Å². The van der Waals surface area contributed by atoms with Gasteiger partial charge in [0.25, 0.3) is 0 Å². The van der Waals surface area contributed by atoms with E-state index in [1.54, 1.807) is 7.05 Å². The number of nitrogens with one attached hydrogen (secondary N) is 2. The van der Waals surface area contributed by atoms with Gasteiger partial charge in [-0.05, 0) is 51.2 Å². The zero-order valence-electron chi connectivity index (χ0n) is 14.7. The molecular weight excluding hydrogens is 427 g/mol. The number of likely N-dealkylation sites (tertiary alicyclic amines) is 1. The van der Waals surface area contributed by atoms with Crippen molar-refractivity contribution in [3.63, 3.8) is 0 Å². The molecule has 0 saturated carbocycles. The lowest BCUT2D eigenvalue weighted by Gasteiger charge is -2.30. The SMILES string of the molecule is CN=C(NCCCN1CCC(C)CC1)NCCCS(C)(=O)=O.I. The summed E-state index contributed by atoms with van der Waals surface area (Å²) in [4.78, 5) is 6.68. The van der Waals surface area contributed by atoms with Crippen molar-refractivity contribution < 1.29 is 8.42 Å². The van der Waals surface area contributed by atoms with Gasteiger partial charge < -0.3 is 15.5 Å². The molecule has 0 aromatic rings. The molecule has 0 atom stereocenters. The molecule has 1 fully saturated rings. The fourth-order valence-electron chi connectivity index (χ4n) is 2.56. The second-order valence-corrected chi connectivity index (χ2v) is 8.55. The Balaban J connectivity index is 0.00000484. The third-order valence-electron chi connectivity index (χ3n) is 4.03. The monoisotopic (exact) mass is 460 g/mol. The molecule has 0 aromatic heterocycles. The lowest BCUT2D eigenvalue weighted by atomic mass is 9.99. The molecule has 0 bridgehead atoms. The molecule has 23 heavy (non-hydrogen) atoms. The first-order valence-electron chi connectivity index (χ1n) is 8.25. The molecule has 1 aliphatic heterocycles. The van der Waals surface area contributed by atoms with Gasteiger partial charge in [-0.3, -0.25) is 4.99 Å².